The molecule has 0 unspecified atom stereocenters. The molecule has 0 amide bonds. The van der Waals surface area contributed by atoms with Crippen molar-refractivity contribution in [1.29, 1.82) is 5.26 Å². The molecular formula is C17H12N8. The van der Waals surface area contributed by atoms with Gasteiger partial charge >= 0.3 is 0 Å². The Morgan fingerprint density at radius 1 is 1.16 bits per heavy atom. The summed E-state index contributed by atoms with van der Waals surface area (Å²) < 4.78 is 1.99. The van der Waals surface area contributed by atoms with Crippen LogP contribution >= 0.6 is 0 Å². The van der Waals surface area contributed by atoms with Gasteiger partial charge in [-0.05, 0) is 29.5 Å². The van der Waals surface area contributed by atoms with Gasteiger partial charge in [-0.2, -0.15) is 10.5 Å². The summed E-state index contributed by atoms with van der Waals surface area (Å²) in [6, 6.07) is 17.7. The van der Waals surface area contributed by atoms with E-state index in [-0.39, 0.29) is 11.4 Å². The highest BCUT2D eigenvalue weighted by atomic mass is 15.5. The zero-order chi connectivity index (χ0) is 17.1. The van der Waals surface area contributed by atoms with Crippen molar-refractivity contribution in [3.8, 4) is 11.8 Å². The number of nitrogens with zero attached hydrogens (tertiary/aromatic N) is 6. The number of benzene rings is 2. The molecule has 0 fully saturated rings. The Kier molecular flexibility index (Phi) is 3.65. The summed E-state index contributed by atoms with van der Waals surface area (Å²) in [5.41, 5.74) is 3.93. The Balaban J connectivity index is 1.74. The molecule has 2 heterocycles. The number of para-hydroxylation sites is 4. The second kappa shape index (κ2) is 6.25. The topological polar surface area (TPSA) is 108 Å². The van der Waals surface area contributed by atoms with Crippen molar-refractivity contribution < 1.29 is 0 Å². The van der Waals surface area contributed by atoms with Gasteiger partial charge in [-0.15, -0.1) is 10.2 Å². The molecule has 0 saturated heterocycles. The van der Waals surface area contributed by atoms with Gasteiger partial charge in [-0.1, -0.05) is 24.3 Å². The largest absolute Gasteiger partial charge is 0.359 e. The molecule has 0 aliphatic carbocycles. The number of aromatic amines is 1. The van der Waals surface area contributed by atoms with Crippen LogP contribution in [-0.4, -0.2) is 30.2 Å². The van der Waals surface area contributed by atoms with Crippen molar-refractivity contribution >= 4 is 22.3 Å². The molecule has 4 aromatic rings. The first kappa shape index (κ1) is 14.6. The van der Waals surface area contributed by atoms with E-state index in [9.17, 15) is 5.26 Å². The lowest BCUT2D eigenvalue weighted by atomic mass is 10.2. The zero-order valence-corrected chi connectivity index (χ0v) is 13.0. The van der Waals surface area contributed by atoms with Crippen LogP contribution in [0.25, 0.3) is 22.3 Å². The first-order chi connectivity index (χ1) is 12.4. The molecule has 0 atom stereocenters. The minimum absolute atomic E-state index is 0.237. The second-order valence-electron chi connectivity index (χ2n) is 5.17. The van der Waals surface area contributed by atoms with E-state index in [2.05, 4.69) is 37.0 Å². The molecule has 2 aromatic carbocycles. The highest BCUT2D eigenvalue weighted by molar-refractivity contribution is 5.80. The van der Waals surface area contributed by atoms with E-state index < -0.39 is 0 Å². The normalized spacial score (nSPS) is 11.4. The molecule has 8 heteroatoms. The Bertz CT molecular complexity index is 1090. The third kappa shape index (κ3) is 2.70. The van der Waals surface area contributed by atoms with E-state index in [0.29, 0.717) is 0 Å². The van der Waals surface area contributed by atoms with E-state index in [4.69, 9.17) is 0 Å². The molecule has 8 nitrogen and oxygen atoms in total. The van der Waals surface area contributed by atoms with Crippen molar-refractivity contribution in [3.63, 3.8) is 0 Å². The van der Waals surface area contributed by atoms with Gasteiger partial charge in [0.05, 0.1) is 22.4 Å². The van der Waals surface area contributed by atoms with E-state index in [0.717, 1.165) is 22.4 Å². The third-order valence-corrected chi connectivity index (χ3v) is 3.70. The van der Waals surface area contributed by atoms with Gasteiger partial charge in [0, 0.05) is 6.20 Å². The molecule has 0 radical (unpaired) electrons. The number of hydrogen-bond donors (Lipinski definition) is 2. The molecule has 0 aliphatic heterocycles. The van der Waals surface area contributed by atoms with E-state index >= 15 is 0 Å². The number of fused-ring (bicyclic) bond motifs is 1. The van der Waals surface area contributed by atoms with Crippen LogP contribution in [-0.2, 0) is 0 Å². The third-order valence-electron chi connectivity index (χ3n) is 3.70. The standard InChI is InChI=1S/C17H12N8/c18-9-12(17-21-23-24-22-17)10-19-13-5-1-3-7-15(13)25-11-20-14-6-2-4-8-16(14)25/h1-8,10-11,19H,(H,21,22,23,24). The van der Waals surface area contributed by atoms with Gasteiger partial charge in [0.15, 0.2) is 0 Å². The molecule has 0 aliphatic rings. The Morgan fingerprint density at radius 3 is 2.84 bits per heavy atom. The molecular weight excluding hydrogens is 316 g/mol. The summed E-state index contributed by atoms with van der Waals surface area (Å²) in [4.78, 5) is 4.42. The maximum atomic E-state index is 9.28. The molecule has 0 bridgehead atoms. The maximum Gasteiger partial charge on any atom is 0.216 e. The van der Waals surface area contributed by atoms with Gasteiger partial charge in [-0.25, -0.2) is 4.98 Å². The summed E-state index contributed by atoms with van der Waals surface area (Å²) in [5.74, 6) is 0.237. The smallest absolute Gasteiger partial charge is 0.216 e. The minimum Gasteiger partial charge on any atom is -0.359 e. The SMILES string of the molecule is N#CC(=CNc1ccccc1-n1cnc2ccccc21)c1nn[nH]n1. The van der Waals surface area contributed by atoms with E-state index in [1.165, 1.54) is 0 Å². The van der Waals surface area contributed by atoms with Crippen molar-refractivity contribution in [2.45, 2.75) is 0 Å². The van der Waals surface area contributed by atoms with Crippen LogP contribution in [0.1, 0.15) is 5.82 Å². The molecule has 2 N–H and O–H groups in total. The summed E-state index contributed by atoms with van der Waals surface area (Å²) >= 11 is 0. The molecule has 0 spiro atoms. The van der Waals surface area contributed by atoms with Gasteiger partial charge in [0.1, 0.15) is 18.0 Å². The van der Waals surface area contributed by atoms with E-state index in [1.54, 1.807) is 12.5 Å². The summed E-state index contributed by atoms with van der Waals surface area (Å²) in [5, 5.41) is 25.9. The van der Waals surface area contributed by atoms with Crippen LogP contribution in [0, 0.1) is 11.3 Å². The van der Waals surface area contributed by atoms with Crippen LogP contribution in [0.4, 0.5) is 5.69 Å². The predicted octanol–water partition coefficient (Wildman–Crippen LogP) is 2.52. The zero-order valence-electron chi connectivity index (χ0n) is 13.0. The highest BCUT2D eigenvalue weighted by Crippen LogP contribution is 2.25. The first-order valence-corrected chi connectivity index (χ1v) is 7.49. The number of H-pyrrole nitrogens is 1. The summed E-state index contributed by atoms with van der Waals surface area (Å²) in [6.07, 6.45) is 3.34. The molecule has 2 aromatic heterocycles. The quantitative estimate of drug-likeness (QED) is 0.557. The number of anilines is 1. The number of rotatable bonds is 4. The first-order valence-electron chi connectivity index (χ1n) is 7.49. The van der Waals surface area contributed by atoms with Gasteiger partial charge in [0.25, 0.3) is 0 Å². The van der Waals surface area contributed by atoms with Crippen LogP contribution in [0.15, 0.2) is 61.1 Å². The monoisotopic (exact) mass is 328 g/mol. The minimum atomic E-state index is 0.237. The van der Waals surface area contributed by atoms with Crippen LogP contribution in [0.2, 0.25) is 0 Å². The summed E-state index contributed by atoms with van der Waals surface area (Å²) in [7, 11) is 0. The lowest BCUT2D eigenvalue weighted by molar-refractivity contribution is 0.881. The lowest BCUT2D eigenvalue weighted by Crippen LogP contribution is -1.99. The lowest BCUT2D eigenvalue weighted by Gasteiger charge is -2.11. The molecule has 25 heavy (non-hydrogen) atoms. The highest BCUT2D eigenvalue weighted by Gasteiger charge is 2.09. The maximum absolute atomic E-state index is 9.28. The van der Waals surface area contributed by atoms with E-state index in [1.807, 2.05) is 53.1 Å². The fourth-order valence-corrected chi connectivity index (χ4v) is 2.53. The van der Waals surface area contributed by atoms with Gasteiger partial charge in [-0.3, -0.25) is 4.57 Å². The van der Waals surface area contributed by atoms with Crippen LogP contribution in [0.3, 0.4) is 0 Å². The van der Waals surface area contributed by atoms with Gasteiger partial charge in [0.2, 0.25) is 5.82 Å². The summed E-state index contributed by atoms with van der Waals surface area (Å²) in [6.45, 7) is 0. The molecule has 0 saturated carbocycles. The predicted molar refractivity (Wildman–Crippen MR) is 92.5 cm³/mol. The number of imidazole rings is 1. The Labute approximate surface area is 142 Å². The van der Waals surface area contributed by atoms with Crippen molar-refractivity contribution in [3.05, 3.63) is 66.9 Å². The van der Waals surface area contributed by atoms with Crippen LogP contribution < -0.4 is 5.32 Å². The number of aromatic nitrogens is 6. The fourth-order valence-electron chi connectivity index (χ4n) is 2.53. The number of hydrogen-bond acceptors (Lipinski definition) is 6. The van der Waals surface area contributed by atoms with Crippen molar-refractivity contribution in [1.82, 2.24) is 30.2 Å². The Morgan fingerprint density at radius 2 is 2.00 bits per heavy atom. The number of nitriles is 1. The Hall–Kier alpha value is -3.99. The van der Waals surface area contributed by atoms with Crippen LogP contribution in [0.5, 0.6) is 0 Å². The molecule has 4 rings (SSSR count). The fraction of sp³-hybridized carbons (Fsp3) is 0. The number of tetrazole rings is 1. The van der Waals surface area contributed by atoms with Crippen molar-refractivity contribution in [2.24, 2.45) is 0 Å². The average Bonchev–Trinajstić information content (AvgIpc) is 3.33. The average molecular weight is 328 g/mol. The van der Waals surface area contributed by atoms with Crippen molar-refractivity contribution in [2.75, 3.05) is 5.32 Å². The second-order valence-corrected chi connectivity index (χ2v) is 5.17. The van der Waals surface area contributed by atoms with Gasteiger partial charge < -0.3 is 5.32 Å². The number of allylic oxidation sites excluding steroid dienone is 1. The number of nitrogens with one attached hydrogen (secondary N) is 2. The molecule has 120 valence electrons.